The number of carboxylic acids is 1. The van der Waals surface area contributed by atoms with Crippen molar-refractivity contribution in [3.05, 3.63) is 17.5 Å². The minimum absolute atomic E-state index is 0.0968. The summed E-state index contributed by atoms with van der Waals surface area (Å²) in [6.45, 7) is 5.71. The lowest BCUT2D eigenvalue weighted by atomic mass is 9.88. The second-order valence-electron chi connectivity index (χ2n) is 5.79. The smallest absolute Gasteiger partial charge is 0.329 e. The first-order valence-corrected chi connectivity index (χ1v) is 6.89. The molecule has 1 amide bonds. The number of aromatic nitrogens is 1. The summed E-state index contributed by atoms with van der Waals surface area (Å²) < 4.78 is 5.07. The first kappa shape index (κ1) is 14.6. The summed E-state index contributed by atoms with van der Waals surface area (Å²) in [5.41, 5.74) is -1.05. The highest BCUT2D eigenvalue weighted by Crippen LogP contribution is 2.36. The fourth-order valence-corrected chi connectivity index (χ4v) is 2.67. The van der Waals surface area contributed by atoms with Crippen molar-refractivity contribution in [2.24, 2.45) is 5.92 Å². The lowest BCUT2D eigenvalue weighted by Gasteiger charge is -2.29. The van der Waals surface area contributed by atoms with Gasteiger partial charge in [0.2, 0.25) is 0 Å². The fraction of sp³-hybridized carbons (Fsp3) is 0.643. The van der Waals surface area contributed by atoms with Crippen LogP contribution in [0.15, 0.2) is 10.6 Å². The summed E-state index contributed by atoms with van der Waals surface area (Å²) in [6.07, 6.45) is 2.04. The van der Waals surface area contributed by atoms with Gasteiger partial charge in [-0.05, 0) is 18.8 Å². The summed E-state index contributed by atoms with van der Waals surface area (Å²) in [5.74, 6) is -0.831. The van der Waals surface area contributed by atoms with Crippen LogP contribution in [-0.2, 0) is 4.79 Å². The van der Waals surface area contributed by atoms with E-state index in [1.807, 2.05) is 20.8 Å². The lowest BCUT2D eigenvalue weighted by molar-refractivity contribution is -0.145. The second kappa shape index (κ2) is 5.26. The molecular weight excluding hydrogens is 260 g/mol. The molecule has 0 bridgehead atoms. The predicted octanol–water partition coefficient (Wildman–Crippen LogP) is 2.17. The van der Waals surface area contributed by atoms with Crippen molar-refractivity contribution in [2.75, 3.05) is 0 Å². The van der Waals surface area contributed by atoms with Gasteiger partial charge in [0.1, 0.15) is 11.3 Å². The van der Waals surface area contributed by atoms with Crippen LogP contribution in [0.5, 0.6) is 0 Å². The van der Waals surface area contributed by atoms with Gasteiger partial charge in [0.15, 0.2) is 5.69 Å². The van der Waals surface area contributed by atoms with Crippen molar-refractivity contribution in [1.82, 2.24) is 10.5 Å². The summed E-state index contributed by atoms with van der Waals surface area (Å²) in [6, 6.07) is 1.56. The zero-order valence-electron chi connectivity index (χ0n) is 12.0. The van der Waals surface area contributed by atoms with Crippen molar-refractivity contribution in [3.8, 4) is 0 Å². The molecule has 0 radical (unpaired) electrons. The van der Waals surface area contributed by atoms with E-state index in [0.29, 0.717) is 12.2 Å². The minimum Gasteiger partial charge on any atom is -0.479 e. The Balaban J connectivity index is 2.18. The molecule has 2 unspecified atom stereocenters. The molecular formula is C14H20N2O4. The van der Waals surface area contributed by atoms with Gasteiger partial charge in [-0.1, -0.05) is 32.3 Å². The zero-order valence-corrected chi connectivity index (χ0v) is 12.0. The SMILES string of the molecule is CC(C)c1cc(C(=O)NC2(C(=O)O)CCCC2C)no1. The molecule has 2 rings (SSSR count). The van der Waals surface area contributed by atoms with Crippen molar-refractivity contribution in [2.45, 2.75) is 51.5 Å². The molecule has 0 aliphatic heterocycles. The number of carboxylic acid groups (broad SMARTS) is 1. The number of aliphatic carboxylic acids is 1. The standard InChI is InChI=1S/C14H20N2O4/c1-8(2)11-7-10(16-20-11)12(17)15-14(13(18)19)6-4-5-9(14)3/h7-9H,4-6H2,1-3H3,(H,15,17)(H,18,19). The first-order chi connectivity index (χ1) is 9.36. The molecule has 1 fully saturated rings. The number of nitrogens with zero attached hydrogens (tertiary/aromatic N) is 1. The van der Waals surface area contributed by atoms with Gasteiger partial charge in [0.25, 0.3) is 5.91 Å². The van der Waals surface area contributed by atoms with Gasteiger partial charge < -0.3 is 14.9 Å². The Morgan fingerprint density at radius 2 is 2.25 bits per heavy atom. The van der Waals surface area contributed by atoms with Crippen molar-refractivity contribution < 1.29 is 19.2 Å². The van der Waals surface area contributed by atoms with E-state index in [-0.39, 0.29) is 17.5 Å². The van der Waals surface area contributed by atoms with E-state index in [1.165, 1.54) is 0 Å². The molecule has 1 aliphatic rings. The van der Waals surface area contributed by atoms with Gasteiger partial charge in [-0.2, -0.15) is 0 Å². The van der Waals surface area contributed by atoms with E-state index in [0.717, 1.165) is 12.8 Å². The van der Waals surface area contributed by atoms with Crippen LogP contribution in [0.4, 0.5) is 0 Å². The molecule has 2 N–H and O–H groups in total. The summed E-state index contributed by atoms with van der Waals surface area (Å²) in [5, 5.41) is 15.8. The predicted molar refractivity (Wildman–Crippen MR) is 71.4 cm³/mol. The third-order valence-corrected chi connectivity index (χ3v) is 4.10. The van der Waals surface area contributed by atoms with Crippen LogP contribution in [0.2, 0.25) is 0 Å². The highest BCUT2D eigenvalue weighted by molar-refractivity contribution is 5.96. The van der Waals surface area contributed by atoms with Crippen LogP contribution in [-0.4, -0.2) is 27.7 Å². The Bertz CT molecular complexity index is 523. The van der Waals surface area contributed by atoms with E-state index in [4.69, 9.17) is 4.52 Å². The number of carbonyl (C=O) groups is 2. The Hall–Kier alpha value is -1.85. The summed E-state index contributed by atoms with van der Waals surface area (Å²) >= 11 is 0. The maximum Gasteiger partial charge on any atom is 0.329 e. The molecule has 0 aromatic carbocycles. The largest absolute Gasteiger partial charge is 0.479 e. The number of hydrogen-bond acceptors (Lipinski definition) is 4. The van der Waals surface area contributed by atoms with E-state index in [2.05, 4.69) is 10.5 Å². The molecule has 1 aliphatic carbocycles. The van der Waals surface area contributed by atoms with Crippen LogP contribution in [0.25, 0.3) is 0 Å². The molecule has 2 atom stereocenters. The van der Waals surface area contributed by atoms with Crippen molar-refractivity contribution in [1.29, 1.82) is 0 Å². The van der Waals surface area contributed by atoms with Crippen LogP contribution in [0.1, 0.15) is 62.2 Å². The quantitative estimate of drug-likeness (QED) is 0.881. The molecule has 1 aromatic heterocycles. The van der Waals surface area contributed by atoms with Crippen molar-refractivity contribution >= 4 is 11.9 Å². The second-order valence-corrected chi connectivity index (χ2v) is 5.79. The molecule has 1 aromatic rings. The normalized spacial score (nSPS) is 25.9. The lowest BCUT2D eigenvalue weighted by Crippen LogP contribution is -2.56. The average Bonchev–Trinajstić information content (AvgIpc) is 2.97. The zero-order chi connectivity index (χ0) is 14.9. The van der Waals surface area contributed by atoms with E-state index >= 15 is 0 Å². The molecule has 0 saturated heterocycles. The molecule has 6 nitrogen and oxygen atoms in total. The molecule has 110 valence electrons. The Kier molecular flexibility index (Phi) is 3.83. The highest BCUT2D eigenvalue weighted by atomic mass is 16.5. The van der Waals surface area contributed by atoms with Crippen LogP contribution in [0.3, 0.4) is 0 Å². The average molecular weight is 280 g/mol. The topological polar surface area (TPSA) is 92.4 Å². The molecule has 20 heavy (non-hydrogen) atoms. The number of rotatable bonds is 4. The molecule has 1 heterocycles. The molecule has 1 saturated carbocycles. The molecule has 0 spiro atoms. The number of hydrogen-bond donors (Lipinski definition) is 2. The maximum absolute atomic E-state index is 12.2. The van der Waals surface area contributed by atoms with E-state index in [1.54, 1.807) is 6.07 Å². The monoisotopic (exact) mass is 280 g/mol. The van der Waals surface area contributed by atoms with Crippen LogP contribution in [0, 0.1) is 5.92 Å². The number of amides is 1. The third kappa shape index (κ3) is 2.42. The summed E-state index contributed by atoms with van der Waals surface area (Å²) in [7, 11) is 0. The first-order valence-electron chi connectivity index (χ1n) is 6.89. The van der Waals surface area contributed by atoms with Gasteiger partial charge in [-0.15, -0.1) is 0 Å². The van der Waals surface area contributed by atoms with E-state index < -0.39 is 17.4 Å². The Labute approximate surface area is 117 Å². The summed E-state index contributed by atoms with van der Waals surface area (Å²) in [4.78, 5) is 23.8. The fourth-order valence-electron chi connectivity index (χ4n) is 2.67. The highest BCUT2D eigenvalue weighted by Gasteiger charge is 2.48. The van der Waals surface area contributed by atoms with Gasteiger partial charge in [0.05, 0.1) is 0 Å². The van der Waals surface area contributed by atoms with E-state index in [9.17, 15) is 14.7 Å². The third-order valence-electron chi connectivity index (χ3n) is 4.10. The van der Waals surface area contributed by atoms with Crippen molar-refractivity contribution in [3.63, 3.8) is 0 Å². The van der Waals surface area contributed by atoms with Gasteiger partial charge in [-0.25, -0.2) is 4.79 Å². The van der Waals surface area contributed by atoms with Gasteiger partial charge >= 0.3 is 5.97 Å². The Morgan fingerprint density at radius 1 is 1.55 bits per heavy atom. The minimum atomic E-state index is -1.19. The Morgan fingerprint density at radius 3 is 2.70 bits per heavy atom. The number of nitrogens with one attached hydrogen (secondary N) is 1. The maximum atomic E-state index is 12.2. The van der Waals surface area contributed by atoms with Gasteiger partial charge in [-0.3, -0.25) is 4.79 Å². The number of carbonyl (C=O) groups excluding carboxylic acids is 1. The van der Waals surface area contributed by atoms with Crippen LogP contribution >= 0.6 is 0 Å². The van der Waals surface area contributed by atoms with Crippen LogP contribution < -0.4 is 5.32 Å². The van der Waals surface area contributed by atoms with Gasteiger partial charge in [0, 0.05) is 12.0 Å². The molecule has 6 heteroatoms.